The molecule has 4 heteroatoms. The fourth-order valence-corrected chi connectivity index (χ4v) is 2.70. The fraction of sp³-hybridized carbons (Fsp3) is 0.533. The third kappa shape index (κ3) is 2.73. The number of hydrogen-bond acceptors (Lipinski definition) is 3. The zero-order valence-electron chi connectivity index (χ0n) is 11.8. The van der Waals surface area contributed by atoms with Crippen molar-refractivity contribution >= 4 is 11.6 Å². The van der Waals surface area contributed by atoms with Gasteiger partial charge in [-0.05, 0) is 38.0 Å². The number of aliphatic hydroxyl groups is 1. The first-order valence-electron chi connectivity index (χ1n) is 6.75. The van der Waals surface area contributed by atoms with Gasteiger partial charge in [-0.25, -0.2) is 0 Å². The van der Waals surface area contributed by atoms with Crippen molar-refractivity contribution in [2.75, 3.05) is 25.1 Å². The number of nitrogens with zero attached hydrogens (tertiary/aromatic N) is 2. The van der Waals surface area contributed by atoms with Crippen LogP contribution in [0.1, 0.15) is 18.9 Å². The van der Waals surface area contributed by atoms with E-state index in [0.29, 0.717) is 0 Å². The van der Waals surface area contributed by atoms with Crippen LogP contribution in [0, 0.1) is 6.92 Å². The molecule has 0 bridgehead atoms. The molecule has 4 nitrogen and oxygen atoms in total. The summed E-state index contributed by atoms with van der Waals surface area (Å²) in [4.78, 5) is 16.1. The summed E-state index contributed by atoms with van der Waals surface area (Å²) < 4.78 is 0. The Morgan fingerprint density at radius 1 is 1.42 bits per heavy atom. The predicted molar refractivity (Wildman–Crippen MR) is 76.2 cm³/mol. The normalized spacial score (nSPS) is 24.5. The molecule has 1 amide bonds. The average molecular weight is 262 g/mol. The van der Waals surface area contributed by atoms with E-state index in [0.717, 1.165) is 24.2 Å². The van der Waals surface area contributed by atoms with Gasteiger partial charge < -0.3 is 14.9 Å². The van der Waals surface area contributed by atoms with Crippen molar-refractivity contribution in [3.8, 4) is 0 Å². The molecule has 1 fully saturated rings. The number of hydrogen-bond donors (Lipinski definition) is 1. The molecule has 1 aromatic rings. The first-order valence-corrected chi connectivity index (χ1v) is 6.75. The maximum absolute atomic E-state index is 12.3. The maximum atomic E-state index is 12.3. The Labute approximate surface area is 114 Å². The van der Waals surface area contributed by atoms with E-state index in [-0.39, 0.29) is 18.6 Å². The molecule has 1 N–H and O–H groups in total. The fourth-order valence-electron chi connectivity index (χ4n) is 2.70. The Morgan fingerprint density at radius 2 is 2.16 bits per heavy atom. The van der Waals surface area contributed by atoms with Crippen LogP contribution < -0.4 is 4.90 Å². The first kappa shape index (κ1) is 13.9. The number of carbonyl (C=O) groups is 1. The highest BCUT2D eigenvalue weighted by atomic mass is 16.3. The van der Waals surface area contributed by atoms with Crippen molar-refractivity contribution < 1.29 is 9.90 Å². The van der Waals surface area contributed by atoms with E-state index < -0.39 is 6.04 Å². The molecule has 1 aromatic carbocycles. The number of carbonyl (C=O) groups excluding carboxylic acids is 1. The lowest BCUT2D eigenvalue weighted by Crippen LogP contribution is -2.49. The molecule has 2 rings (SSSR count). The first-order chi connectivity index (χ1) is 9.04. The molecule has 2 atom stereocenters. The summed E-state index contributed by atoms with van der Waals surface area (Å²) in [5.74, 6) is -0.00615. The lowest BCUT2D eigenvalue weighted by Gasteiger charge is -2.34. The second-order valence-corrected chi connectivity index (χ2v) is 5.34. The molecule has 19 heavy (non-hydrogen) atoms. The van der Waals surface area contributed by atoms with Crippen LogP contribution in [0.25, 0.3) is 0 Å². The van der Waals surface area contributed by atoms with Crippen molar-refractivity contribution in [1.29, 1.82) is 0 Å². The molecule has 104 valence electrons. The van der Waals surface area contributed by atoms with Crippen LogP contribution in [-0.2, 0) is 4.79 Å². The Balaban J connectivity index is 2.41. The van der Waals surface area contributed by atoms with Crippen molar-refractivity contribution in [1.82, 2.24) is 4.90 Å². The molecule has 1 saturated heterocycles. The molecular formula is C15H22N2O2. The Bertz CT molecular complexity index is 461. The molecule has 0 saturated carbocycles. The van der Waals surface area contributed by atoms with E-state index >= 15 is 0 Å². The van der Waals surface area contributed by atoms with E-state index in [1.807, 2.05) is 25.1 Å². The van der Waals surface area contributed by atoms with Crippen LogP contribution in [0.15, 0.2) is 24.3 Å². The third-order valence-corrected chi connectivity index (χ3v) is 3.83. The zero-order valence-corrected chi connectivity index (χ0v) is 11.8. The number of benzene rings is 1. The van der Waals surface area contributed by atoms with Gasteiger partial charge in [0.15, 0.2) is 0 Å². The number of rotatable bonds is 2. The predicted octanol–water partition coefficient (Wildman–Crippen LogP) is 1.41. The average Bonchev–Trinajstić information content (AvgIpc) is 2.50. The number of likely N-dealkylation sites (N-methyl/N-ethyl adjacent to an activating group) is 1. The quantitative estimate of drug-likeness (QED) is 0.876. The summed E-state index contributed by atoms with van der Waals surface area (Å²) in [6, 6.07) is 7.85. The highest BCUT2D eigenvalue weighted by Gasteiger charge is 2.34. The zero-order chi connectivity index (χ0) is 14.0. The van der Waals surface area contributed by atoms with Gasteiger partial charge in [-0.3, -0.25) is 4.79 Å². The summed E-state index contributed by atoms with van der Waals surface area (Å²) >= 11 is 0. The molecule has 0 radical (unpaired) electrons. The largest absolute Gasteiger partial charge is 0.394 e. The van der Waals surface area contributed by atoms with Crippen LogP contribution in [-0.4, -0.2) is 48.2 Å². The molecule has 2 unspecified atom stereocenters. The van der Waals surface area contributed by atoms with Crippen molar-refractivity contribution in [2.24, 2.45) is 0 Å². The highest BCUT2D eigenvalue weighted by molar-refractivity contribution is 5.86. The Kier molecular flexibility index (Phi) is 4.10. The van der Waals surface area contributed by atoms with Gasteiger partial charge in [-0.2, -0.15) is 0 Å². The highest BCUT2D eigenvalue weighted by Crippen LogP contribution is 2.25. The Morgan fingerprint density at radius 3 is 2.79 bits per heavy atom. The molecule has 0 spiro atoms. The van der Waals surface area contributed by atoms with Gasteiger partial charge >= 0.3 is 0 Å². The van der Waals surface area contributed by atoms with Gasteiger partial charge in [0.25, 0.3) is 0 Å². The van der Waals surface area contributed by atoms with Crippen molar-refractivity contribution in [2.45, 2.75) is 32.4 Å². The van der Waals surface area contributed by atoms with Gasteiger partial charge in [0.1, 0.15) is 6.04 Å². The summed E-state index contributed by atoms with van der Waals surface area (Å²) in [5.41, 5.74) is 2.17. The Hall–Kier alpha value is -1.55. The maximum Gasteiger partial charge on any atom is 0.247 e. The van der Waals surface area contributed by atoms with E-state index in [1.54, 1.807) is 11.9 Å². The van der Waals surface area contributed by atoms with Gasteiger partial charge in [0.2, 0.25) is 5.91 Å². The molecule has 1 aliphatic rings. The summed E-state index contributed by atoms with van der Waals surface area (Å²) in [7, 11) is 1.80. The van der Waals surface area contributed by atoms with E-state index in [4.69, 9.17) is 0 Å². The van der Waals surface area contributed by atoms with E-state index in [1.165, 1.54) is 0 Å². The van der Waals surface area contributed by atoms with Crippen LogP contribution in [0.2, 0.25) is 0 Å². The van der Waals surface area contributed by atoms with Gasteiger partial charge in [-0.15, -0.1) is 0 Å². The van der Waals surface area contributed by atoms with Crippen LogP contribution >= 0.6 is 0 Å². The molecule has 1 heterocycles. The van der Waals surface area contributed by atoms with Crippen molar-refractivity contribution in [3.05, 3.63) is 29.8 Å². The number of aryl methyl sites for hydroxylation is 1. The number of amides is 1. The van der Waals surface area contributed by atoms with Gasteiger partial charge in [-0.1, -0.05) is 12.1 Å². The van der Waals surface area contributed by atoms with Crippen LogP contribution in [0.5, 0.6) is 0 Å². The van der Waals surface area contributed by atoms with Gasteiger partial charge in [0, 0.05) is 25.3 Å². The summed E-state index contributed by atoms with van der Waals surface area (Å²) in [6.07, 6.45) is 0.909. The molecule has 1 aliphatic heterocycles. The minimum absolute atomic E-state index is 0.00615. The number of anilines is 1. The summed E-state index contributed by atoms with van der Waals surface area (Å²) in [6.45, 7) is 4.73. The van der Waals surface area contributed by atoms with Crippen molar-refractivity contribution in [3.63, 3.8) is 0 Å². The SMILES string of the molecule is Cc1cccc(N2C(C)CCN(C)C(=O)C2CO)c1. The molecule has 0 aromatic heterocycles. The minimum atomic E-state index is -0.482. The topological polar surface area (TPSA) is 43.8 Å². The minimum Gasteiger partial charge on any atom is -0.394 e. The smallest absolute Gasteiger partial charge is 0.247 e. The monoisotopic (exact) mass is 262 g/mol. The van der Waals surface area contributed by atoms with Crippen LogP contribution in [0.3, 0.4) is 0 Å². The second-order valence-electron chi connectivity index (χ2n) is 5.34. The lowest BCUT2D eigenvalue weighted by molar-refractivity contribution is -0.131. The summed E-state index contributed by atoms with van der Waals surface area (Å²) in [5, 5.41) is 9.63. The van der Waals surface area contributed by atoms with Crippen LogP contribution in [0.4, 0.5) is 5.69 Å². The number of aliphatic hydroxyl groups excluding tert-OH is 1. The standard InChI is InChI=1S/C15H22N2O2/c1-11-5-4-6-13(9-11)17-12(2)7-8-16(3)15(19)14(17)10-18/h4-6,9,12,14,18H,7-8,10H2,1-3H3. The molecular weight excluding hydrogens is 240 g/mol. The van der Waals surface area contributed by atoms with Gasteiger partial charge in [0.05, 0.1) is 6.61 Å². The lowest BCUT2D eigenvalue weighted by atomic mass is 10.1. The second kappa shape index (κ2) is 5.61. The van der Waals surface area contributed by atoms with E-state index in [2.05, 4.69) is 17.9 Å². The third-order valence-electron chi connectivity index (χ3n) is 3.83. The molecule has 0 aliphatic carbocycles. The van der Waals surface area contributed by atoms with E-state index in [9.17, 15) is 9.90 Å².